The molecule has 3 aromatic rings. The summed E-state index contributed by atoms with van der Waals surface area (Å²) in [6.45, 7) is 6.05. The maximum atomic E-state index is 4.74. The molecule has 0 spiro atoms. The highest BCUT2D eigenvalue weighted by Crippen LogP contribution is 2.25. The number of aromatic nitrogens is 4. The highest BCUT2D eigenvalue weighted by molar-refractivity contribution is 5.67. The van der Waals surface area contributed by atoms with Crippen LogP contribution in [0.4, 0.5) is 5.82 Å². The fourth-order valence-corrected chi connectivity index (χ4v) is 2.44. The molecule has 0 N–H and O–H groups in total. The quantitative estimate of drug-likeness (QED) is 0.722. The molecule has 0 aliphatic carbocycles. The molecule has 5 nitrogen and oxygen atoms in total. The minimum atomic E-state index is 0.704. The van der Waals surface area contributed by atoms with E-state index in [2.05, 4.69) is 28.7 Å². The highest BCUT2D eigenvalue weighted by atomic mass is 15.2. The van der Waals surface area contributed by atoms with Crippen LogP contribution < -0.4 is 4.90 Å². The summed E-state index contributed by atoms with van der Waals surface area (Å²) in [4.78, 5) is 19.9. The minimum Gasteiger partial charge on any atom is -0.357 e. The van der Waals surface area contributed by atoms with Gasteiger partial charge in [-0.15, -0.1) is 0 Å². The standard InChI is InChI=1S/C18H19N5/c1-3-23(4-2)17-12-16(15-6-5-9-20-13-15)21-18(22-17)14-7-10-19-11-8-14/h5-13H,3-4H2,1-2H3. The second kappa shape index (κ2) is 6.96. The van der Waals surface area contributed by atoms with E-state index in [-0.39, 0.29) is 0 Å². The van der Waals surface area contributed by atoms with Crippen LogP contribution in [-0.2, 0) is 0 Å². The summed E-state index contributed by atoms with van der Waals surface area (Å²) in [7, 11) is 0. The second-order valence-corrected chi connectivity index (χ2v) is 5.08. The van der Waals surface area contributed by atoms with Crippen LogP contribution in [0.25, 0.3) is 22.6 Å². The Kier molecular flexibility index (Phi) is 4.57. The van der Waals surface area contributed by atoms with Gasteiger partial charge >= 0.3 is 0 Å². The van der Waals surface area contributed by atoms with Crippen molar-refractivity contribution in [3.8, 4) is 22.6 Å². The van der Waals surface area contributed by atoms with E-state index in [1.54, 1.807) is 18.6 Å². The number of nitrogens with zero attached hydrogens (tertiary/aromatic N) is 5. The molecule has 0 amide bonds. The van der Waals surface area contributed by atoms with Crippen molar-refractivity contribution in [3.63, 3.8) is 0 Å². The SMILES string of the molecule is CCN(CC)c1cc(-c2cccnc2)nc(-c2ccncc2)n1. The van der Waals surface area contributed by atoms with E-state index < -0.39 is 0 Å². The van der Waals surface area contributed by atoms with Crippen molar-refractivity contribution in [1.82, 2.24) is 19.9 Å². The fourth-order valence-electron chi connectivity index (χ4n) is 2.44. The molecule has 0 saturated heterocycles. The van der Waals surface area contributed by atoms with Gasteiger partial charge in [0.2, 0.25) is 0 Å². The largest absolute Gasteiger partial charge is 0.357 e. The predicted molar refractivity (Wildman–Crippen MR) is 92.1 cm³/mol. The number of hydrogen-bond donors (Lipinski definition) is 0. The number of pyridine rings is 2. The first kappa shape index (κ1) is 15.1. The summed E-state index contributed by atoms with van der Waals surface area (Å²) < 4.78 is 0. The van der Waals surface area contributed by atoms with Gasteiger partial charge in [-0.05, 0) is 38.1 Å². The first-order valence-electron chi connectivity index (χ1n) is 7.76. The van der Waals surface area contributed by atoms with Gasteiger partial charge in [-0.25, -0.2) is 9.97 Å². The van der Waals surface area contributed by atoms with Gasteiger partial charge in [0.25, 0.3) is 0 Å². The lowest BCUT2D eigenvalue weighted by atomic mass is 10.2. The third-order valence-corrected chi connectivity index (χ3v) is 3.70. The summed E-state index contributed by atoms with van der Waals surface area (Å²) in [5.41, 5.74) is 2.82. The zero-order valence-electron chi connectivity index (χ0n) is 13.3. The third kappa shape index (κ3) is 3.34. The van der Waals surface area contributed by atoms with E-state index in [4.69, 9.17) is 9.97 Å². The summed E-state index contributed by atoms with van der Waals surface area (Å²) >= 11 is 0. The van der Waals surface area contributed by atoms with Gasteiger partial charge in [-0.2, -0.15) is 0 Å². The molecule has 5 heteroatoms. The highest BCUT2D eigenvalue weighted by Gasteiger charge is 2.12. The Morgan fingerprint density at radius 3 is 2.30 bits per heavy atom. The molecule has 3 aromatic heterocycles. The van der Waals surface area contributed by atoms with Gasteiger partial charge in [0.05, 0.1) is 5.69 Å². The van der Waals surface area contributed by atoms with Gasteiger partial charge in [0.15, 0.2) is 5.82 Å². The summed E-state index contributed by atoms with van der Waals surface area (Å²) in [5.74, 6) is 1.63. The second-order valence-electron chi connectivity index (χ2n) is 5.08. The molecule has 3 heterocycles. The van der Waals surface area contributed by atoms with E-state index in [9.17, 15) is 0 Å². The van der Waals surface area contributed by atoms with Crippen molar-refractivity contribution < 1.29 is 0 Å². The van der Waals surface area contributed by atoms with Crippen LogP contribution in [0.1, 0.15) is 13.8 Å². The van der Waals surface area contributed by atoms with Crippen LogP contribution in [0.5, 0.6) is 0 Å². The van der Waals surface area contributed by atoms with Crippen molar-refractivity contribution in [2.75, 3.05) is 18.0 Å². The molecule has 23 heavy (non-hydrogen) atoms. The normalized spacial score (nSPS) is 10.5. The van der Waals surface area contributed by atoms with Gasteiger partial charge in [-0.3, -0.25) is 9.97 Å². The van der Waals surface area contributed by atoms with Crippen LogP contribution in [0, 0.1) is 0 Å². The molecule has 0 fully saturated rings. The van der Waals surface area contributed by atoms with E-state index in [0.717, 1.165) is 35.7 Å². The molecule has 0 aliphatic heterocycles. The van der Waals surface area contributed by atoms with Crippen LogP contribution in [0.15, 0.2) is 55.1 Å². The topological polar surface area (TPSA) is 54.8 Å². The van der Waals surface area contributed by atoms with Crippen LogP contribution in [0.3, 0.4) is 0 Å². The van der Waals surface area contributed by atoms with Gasteiger partial charge in [0.1, 0.15) is 5.82 Å². The molecular weight excluding hydrogens is 286 g/mol. The average molecular weight is 305 g/mol. The zero-order valence-corrected chi connectivity index (χ0v) is 13.3. The van der Waals surface area contributed by atoms with Crippen molar-refractivity contribution >= 4 is 5.82 Å². The van der Waals surface area contributed by atoms with Gasteiger partial charge < -0.3 is 4.90 Å². The first-order chi connectivity index (χ1) is 11.3. The molecule has 0 atom stereocenters. The van der Waals surface area contributed by atoms with Crippen molar-refractivity contribution in [2.45, 2.75) is 13.8 Å². The molecular formula is C18H19N5. The molecule has 3 rings (SSSR count). The van der Waals surface area contributed by atoms with E-state index in [0.29, 0.717) is 5.82 Å². The molecule has 0 unspecified atom stereocenters. The molecule has 0 aliphatic rings. The first-order valence-corrected chi connectivity index (χ1v) is 7.76. The van der Waals surface area contributed by atoms with E-state index >= 15 is 0 Å². The minimum absolute atomic E-state index is 0.704. The Hall–Kier alpha value is -2.82. The lowest BCUT2D eigenvalue weighted by molar-refractivity contribution is 0.843. The monoisotopic (exact) mass is 305 g/mol. The maximum Gasteiger partial charge on any atom is 0.162 e. The Balaban J connectivity index is 2.15. The van der Waals surface area contributed by atoms with Crippen molar-refractivity contribution in [3.05, 3.63) is 55.1 Å². The molecule has 116 valence electrons. The Bertz CT molecular complexity index is 697. The summed E-state index contributed by atoms with van der Waals surface area (Å²) in [6.07, 6.45) is 7.10. The molecule has 0 aromatic carbocycles. The lowest BCUT2D eigenvalue weighted by Gasteiger charge is -2.21. The Labute approximate surface area is 136 Å². The van der Waals surface area contributed by atoms with Gasteiger partial charge in [0, 0.05) is 55.1 Å². The van der Waals surface area contributed by atoms with E-state index in [1.165, 1.54) is 0 Å². The Morgan fingerprint density at radius 1 is 0.870 bits per heavy atom. The lowest BCUT2D eigenvalue weighted by Crippen LogP contribution is -2.23. The number of anilines is 1. The summed E-state index contributed by atoms with van der Waals surface area (Å²) in [6, 6.07) is 9.80. The Morgan fingerprint density at radius 2 is 1.65 bits per heavy atom. The van der Waals surface area contributed by atoms with Crippen LogP contribution in [-0.4, -0.2) is 33.0 Å². The molecule has 0 radical (unpaired) electrons. The molecule has 0 saturated carbocycles. The number of hydrogen-bond acceptors (Lipinski definition) is 5. The van der Waals surface area contributed by atoms with Crippen LogP contribution in [0.2, 0.25) is 0 Å². The summed E-state index contributed by atoms with van der Waals surface area (Å²) in [5, 5.41) is 0. The van der Waals surface area contributed by atoms with E-state index in [1.807, 2.05) is 36.5 Å². The predicted octanol–water partition coefficient (Wildman–Crippen LogP) is 3.45. The average Bonchev–Trinajstić information content (AvgIpc) is 2.64. The molecule has 0 bridgehead atoms. The van der Waals surface area contributed by atoms with Crippen molar-refractivity contribution in [1.29, 1.82) is 0 Å². The fraction of sp³-hybridized carbons (Fsp3) is 0.222. The smallest absolute Gasteiger partial charge is 0.162 e. The third-order valence-electron chi connectivity index (χ3n) is 3.70. The van der Waals surface area contributed by atoms with Gasteiger partial charge in [-0.1, -0.05) is 0 Å². The maximum absolute atomic E-state index is 4.74. The number of rotatable bonds is 5. The van der Waals surface area contributed by atoms with Crippen molar-refractivity contribution in [2.24, 2.45) is 0 Å². The zero-order chi connectivity index (χ0) is 16.1. The van der Waals surface area contributed by atoms with Crippen LogP contribution >= 0.6 is 0 Å².